The van der Waals surface area contributed by atoms with Crippen LogP contribution in [0.15, 0.2) is 24.3 Å². The molecule has 0 aromatic heterocycles. The normalized spacial score (nSPS) is 10.7. The summed E-state index contributed by atoms with van der Waals surface area (Å²) in [4.78, 5) is 0. The molecule has 0 aliphatic rings. The lowest BCUT2D eigenvalue weighted by Gasteiger charge is -2.14. The number of hydrogen-bond donors (Lipinski definition) is 1. The Morgan fingerprint density at radius 2 is 2.00 bits per heavy atom. The molecule has 0 bridgehead atoms. The Hall–Kier alpha value is -0.830. The molecule has 1 N–H and O–H groups in total. The Bertz CT molecular complexity index is 328. The predicted molar refractivity (Wildman–Crippen MR) is 82.9 cm³/mol. The number of anilines is 1. The van der Waals surface area contributed by atoms with Crippen LogP contribution in [0.1, 0.15) is 26.7 Å². The molecule has 0 saturated heterocycles. The van der Waals surface area contributed by atoms with Gasteiger partial charge in [-0.05, 0) is 42.9 Å². The first-order chi connectivity index (χ1) is 8.74. The Morgan fingerprint density at radius 3 is 2.72 bits per heavy atom. The van der Waals surface area contributed by atoms with E-state index in [4.69, 9.17) is 4.74 Å². The average molecular weight is 267 g/mol. The van der Waals surface area contributed by atoms with Gasteiger partial charge in [-0.1, -0.05) is 26.0 Å². The molecule has 102 valence electrons. The van der Waals surface area contributed by atoms with Gasteiger partial charge in [-0.2, -0.15) is 11.8 Å². The summed E-state index contributed by atoms with van der Waals surface area (Å²) in [6.45, 7) is 6.12. The lowest BCUT2D eigenvalue weighted by molar-refractivity contribution is 0.272. The first kappa shape index (κ1) is 15.2. The highest BCUT2D eigenvalue weighted by molar-refractivity contribution is 7.98. The van der Waals surface area contributed by atoms with Crippen molar-refractivity contribution in [2.45, 2.75) is 26.7 Å². The summed E-state index contributed by atoms with van der Waals surface area (Å²) in [5.74, 6) is 2.77. The molecule has 3 heteroatoms. The summed E-state index contributed by atoms with van der Waals surface area (Å²) in [6, 6.07) is 8.19. The zero-order valence-electron chi connectivity index (χ0n) is 11.7. The predicted octanol–water partition coefficient (Wildman–Crippen LogP) is 4.28. The summed E-state index contributed by atoms with van der Waals surface area (Å²) in [6.07, 6.45) is 4.63. The largest absolute Gasteiger partial charge is 0.491 e. The van der Waals surface area contributed by atoms with Crippen LogP contribution >= 0.6 is 11.8 Å². The molecule has 0 heterocycles. The third kappa shape index (κ3) is 6.20. The molecule has 0 unspecified atom stereocenters. The molecule has 0 aliphatic heterocycles. The topological polar surface area (TPSA) is 21.3 Å². The monoisotopic (exact) mass is 267 g/mol. The maximum Gasteiger partial charge on any atom is 0.142 e. The van der Waals surface area contributed by atoms with Crippen molar-refractivity contribution in [2.24, 2.45) is 5.92 Å². The number of para-hydroxylation sites is 2. The summed E-state index contributed by atoms with van der Waals surface area (Å²) >= 11 is 1.91. The fourth-order valence-corrected chi connectivity index (χ4v) is 2.08. The number of unbranched alkanes of at least 4 members (excludes halogenated alkanes) is 1. The molecule has 1 aromatic rings. The van der Waals surface area contributed by atoms with E-state index < -0.39 is 0 Å². The van der Waals surface area contributed by atoms with Crippen LogP contribution in [0, 0.1) is 5.92 Å². The summed E-state index contributed by atoms with van der Waals surface area (Å²) in [5, 5.41) is 3.46. The summed E-state index contributed by atoms with van der Waals surface area (Å²) < 4.78 is 5.81. The zero-order chi connectivity index (χ0) is 13.2. The Morgan fingerprint density at radius 1 is 1.22 bits per heavy atom. The van der Waals surface area contributed by atoms with E-state index in [1.807, 2.05) is 30.0 Å². The average Bonchev–Trinajstić information content (AvgIpc) is 2.37. The van der Waals surface area contributed by atoms with Gasteiger partial charge in [0.05, 0.1) is 12.3 Å². The number of benzene rings is 1. The van der Waals surface area contributed by atoms with Gasteiger partial charge in [0.1, 0.15) is 5.75 Å². The van der Waals surface area contributed by atoms with E-state index in [-0.39, 0.29) is 0 Å². The quantitative estimate of drug-likeness (QED) is 0.675. The van der Waals surface area contributed by atoms with E-state index in [9.17, 15) is 0 Å². The van der Waals surface area contributed by atoms with Crippen LogP contribution in [0.4, 0.5) is 5.69 Å². The van der Waals surface area contributed by atoms with Crippen molar-refractivity contribution >= 4 is 17.4 Å². The highest BCUT2D eigenvalue weighted by atomic mass is 32.2. The van der Waals surface area contributed by atoms with E-state index in [1.54, 1.807) is 0 Å². The highest BCUT2D eigenvalue weighted by Gasteiger charge is 2.03. The van der Waals surface area contributed by atoms with Crippen LogP contribution in [0.3, 0.4) is 0 Å². The zero-order valence-corrected chi connectivity index (χ0v) is 12.6. The standard InChI is InChI=1S/C15H25NOS/c1-13(2)12-17-15-9-5-4-8-14(15)16-10-6-7-11-18-3/h4-5,8-9,13,16H,6-7,10-12H2,1-3H3. The van der Waals surface area contributed by atoms with Crippen LogP contribution in [-0.2, 0) is 0 Å². The molecule has 1 aromatic carbocycles. The van der Waals surface area contributed by atoms with E-state index in [0.29, 0.717) is 5.92 Å². The second-order valence-corrected chi connectivity index (χ2v) is 5.81. The van der Waals surface area contributed by atoms with Gasteiger partial charge in [0.25, 0.3) is 0 Å². The van der Waals surface area contributed by atoms with Crippen molar-refractivity contribution in [2.75, 3.05) is 30.5 Å². The minimum absolute atomic E-state index is 0.555. The van der Waals surface area contributed by atoms with Crippen LogP contribution in [0.5, 0.6) is 5.75 Å². The second kappa shape index (κ2) is 9.15. The van der Waals surface area contributed by atoms with Crippen LogP contribution in [0.25, 0.3) is 0 Å². The maximum absolute atomic E-state index is 5.81. The summed E-state index contributed by atoms with van der Waals surface area (Å²) in [7, 11) is 0. The second-order valence-electron chi connectivity index (χ2n) is 4.83. The first-order valence-corrected chi connectivity index (χ1v) is 8.08. The van der Waals surface area contributed by atoms with Crippen molar-refractivity contribution < 1.29 is 4.74 Å². The fraction of sp³-hybridized carbons (Fsp3) is 0.600. The molecule has 0 aliphatic carbocycles. The van der Waals surface area contributed by atoms with E-state index in [2.05, 4.69) is 31.5 Å². The third-order valence-electron chi connectivity index (χ3n) is 2.55. The molecule has 0 radical (unpaired) electrons. The smallest absolute Gasteiger partial charge is 0.142 e. The van der Waals surface area contributed by atoms with E-state index >= 15 is 0 Å². The van der Waals surface area contributed by atoms with Gasteiger partial charge in [-0.25, -0.2) is 0 Å². The van der Waals surface area contributed by atoms with E-state index in [1.165, 1.54) is 18.6 Å². The molecule has 0 saturated carbocycles. The van der Waals surface area contributed by atoms with Crippen LogP contribution in [-0.4, -0.2) is 25.2 Å². The van der Waals surface area contributed by atoms with E-state index in [0.717, 1.165) is 24.6 Å². The Labute approximate surface area is 116 Å². The maximum atomic E-state index is 5.81. The van der Waals surface area contributed by atoms with Gasteiger partial charge in [-0.3, -0.25) is 0 Å². The molecule has 18 heavy (non-hydrogen) atoms. The minimum atomic E-state index is 0.555. The highest BCUT2D eigenvalue weighted by Crippen LogP contribution is 2.24. The SMILES string of the molecule is CSCCCCNc1ccccc1OCC(C)C. The molecule has 0 fully saturated rings. The lowest BCUT2D eigenvalue weighted by Crippen LogP contribution is -2.08. The van der Waals surface area contributed by atoms with Crippen molar-refractivity contribution in [3.8, 4) is 5.75 Å². The van der Waals surface area contributed by atoms with Gasteiger partial charge >= 0.3 is 0 Å². The van der Waals surface area contributed by atoms with Gasteiger partial charge in [0.2, 0.25) is 0 Å². The number of rotatable bonds is 9. The Balaban J connectivity index is 2.38. The number of thioether (sulfide) groups is 1. The number of hydrogen-bond acceptors (Lipinski definition) is 3. The van der Waals surface area contributed by atoms with Gasteiger partial charge in [0, 0.05) is 6.54 Å². The minimum Gasteiger partial charge on any atom is -0.491 e. The summed E-state index contributed by atoms with van der Waals surface area (Å²) in [5.41, 5.74) is 1.11. The fourth-order valence-electron chi connectivity index (χ4n) is 1.59. The van der Waals surface area contributed by atoms with Crippen molar-refractivity contribution in [1.29, 1.82) is 0 Å². The van der Waals surface area contributed by atoms with Crippen molar-refractivity contribution in [1.82, 2.24) is 0 Å². The number of ether oxygens (including phenoxy) is 1. The molecular formula is C15H25NOS. The van der Waals surface area contributed by atoms with Gasteiger partial charge < -0.3 is 10.1 Å². The van der Waals surface area contributed by atoms with Crippen LogP contribution in [0.2, 0.25) is 0 Å². The van der Waals surface area contributed by atoms with Gasteiger partial charge in [0.15, 0.2) is 0 Å². The molecule has 2 nitrogen and oxygen atoms in total. The Kier molecular flexibility index (Phi) is 7.74. The first-order valence-electron chi connectivity index (χ1n) is 6.68. The van der Waals surface area contributed by atoms with Gasteiger partial charge in [-0.15, -0.1) is 0 Å². The van der Waals surface area contributed by atoms with Crippen molar-refractivity contribution in [3.05, 3.63) is 24.3 Å². The molecule has 0 atom stereocenters. The molecule has 1 rings (SSSR count). The van der Waals surface area contributed by atoms with Crippen molar-refractivity contribution in [3.63, 3.8) is 0 Å². The number of nitrogens with one attached hydrogen (secondary N) is 1. The third-order valence-corrected chi connectivity index (χ3v) is 3.25. The molecular weight excluding hydrogens is 242 g/mol. The lowest BCUT2D eigenvalue weighted by atomic mass is 10.2. The molecule has 0 amide bonds. The molecule has 0 spiro atoms. The van der Waals surface area contributed by atoms with Crippen LogP contribution < -0.4 is 10.1 Å².